The lowest BCUT2D eigenvalue weighted by atomic mass is 9.85. The van der Waals surface area contributed by atoms with E-state index in [9.17, 15) is 0 Å². The zero-order valence-electron chi connectivity index (χ0n) is 11.2. The fourth-order valence-electron chi connectivity index (χ4n) is 2.16. The third kappa shape index (κ3) is 3.38. The Kier molecular flexibility index (Phi) is 5.16. The van der Waals surface area contributed by atoms with Crippen LogP contribution in [0.2, 0.25) is 0 Å². The summed E-state index contributed by atoms with van der Waals surface area (Å²) in [5.74, 6) is 2.05. The van der Waals surface area contributed by atoms with E-state index in [1.54, 1.807) is 0 Å². The highest BCUT2D eigenvalue weighted by molar-refractivity contribution is 14.0. The number of pyridine rings is 1. The van der Waals surface area contributed by atoms with E-state index in [0.29, 0.717) is 12.5 Å². The van der Waals surface area contributed by atoms with Gasteiger partial charge in [-0.1, -0.05) is 12.5 Å². The van der Waals surface area contributed by atoms with Crippen LogP contribution in [0.1, 0.15) is 25.1 Å². The number of halogens is 1. The molecule has 6 nitrogen and oxygen atoms in total. The van der Waals surface area contributed by atoms with Crippen molar-refractivity contribution in [1.29, 1.82) is 0 Å². The number of aliphatic imine (C=N–C) groups is 1. The molecule has 0 aromatic carbocycles. The standard InChI is InChI=1S/C13H18N6.HI/c14-13(15-8-10-4-3-5-10)16-9-12-18-17-11-6-1-2-7-19(11)12;/h1-2,6-7,10H,3-5,8-9H2,(H3,14,15,16);1H. The van der Waals surface area contributed by atoms with Crippen LogP contribution >= 0.6 is 24.0 Å². The number of rotatable bonds is 4. The molecule has 3 rings (SSSR count). The summed E-state index contributed by atoms with van der Waals surface area (Å²) in [6.07, 6.45) is 5.87. The molecule has 1 fully saturated rings. The molecule has 0 unspecified atom stereocenters. The maximum Gasteiger partial charge on any atom is 0.189 e. The average Bonchev–Trinajstić information content (AvgIpc) is 2.78. The van der Waals surface area contributed by atoms with Crippen LogP contribution in [0, 0.1) is 5.92 Å². The van der Waals surface area contributed by atoms with Gasteiger partial charge in [0.25, 0.3) is 0 Å². The number of aromatic nitrogens is 3. The van der Waals surface area contributed by atoms with Crippen molar-refractivity contribution in [3.63, 3.8) is 0 Å². The first-order valence-electron chi connectivity index (χ1n) is 6.65. The maximum atomic E-state index is 5.84. The SMILES string of the molecule is I.NC(=NCc1nnc2ccccn12)NCC1CCC1. The summed E-state index contributed by atoms with van der Waals surface area (Å²) >= 11 is 0. The lowest BCUT2D eigenvalue weighted by molar-refractivity contribution is 0.315. The molecule has 2 aromatic rings. The van der Waals surface area contributed by atoms with E-state index in [1.807, 2.05) is 28.8 Å². The molecule has 0 spiro atoms. The molecule has 7 heteroatoms. The molecule has 0 atom stereocenters. The fraction of sp³-hybridized carbons (Fsp3) is 0.462. The normalized spacial score (nSPS) is 15.7. The highest BCUT2D eigenvalue weighted by Gasteiger charge is 2.16. The van der Waals surface area contributed by atoms with E-state index in [0.717, 1.165) is 23.9 Å². The van der Waals surface area contributed by atoms with Gasteiger partial charge in [0.05, 0.1) is 0 Å². The Morgan fingerprint density at radius 3 is 3.00 bits per heavy atom. The molecule has 0 bridgehead atoms. The summed E-state index contributed by atoms with van der Waals surface area (Å²) in [6, 6.07) is 5.80. The molecule has 0 amide bonds. The summed E-state index contributed by atoms with van der Waals surface area (Å²) in [6.45, 7) is 1.37. The monoisotopic (exact) mass is 386 g/mol. The topological polar surface area (TPSA) is 80.6 Å². The van der Waals surface area contributed by atoms with Gasteiger partial charge >= 0.3 is 0 Å². The zero-order valence-corrected chi connectivity index (χ0v) is 13.5. The van der Waals surface area contributed by atoms with Crippen LogP contribution in [0.3, 0.4) is 0 Å². The third-order valence-electron chi connectivity index (χ3n) is 3.57. The molecule has 2 aromatic heterocycles. The predicted molar refractivity (Wildman–Crippen MR) is 89.1 cm³/mol. The van der Waals surface area contributed by atoms with Gasteiger partial charge in [0.1, 0.15) is 6.54 Å². The molecule has 1 aliphatic carbocycles. The lowest BCUT2D eigenvalue weighted by Gasteiger charge is -2.25. The Bertz CT molecular complexity index is 589. The van der Waals surface area contributed by atoms with Gasteiger partial charge in [-0.3, -0.25) is 4.40 Å². The van der Waals surface area contributed by atoms with E-state index in [1.165, 1.54) is 19.3 Å². The molecule has 0 saturated heterocycles. The summed E-state index contributed by atoms with van der Waals surface area (Å²) in [4.78, 5) is 4.31. The van der Waals surface area contributed by atoms with Gasteiger partial charge in [0.2, 0.25) is 0 Å². The Morgan fingerprint density at radius 1 is 1.40 bits per heavy atom. The van der Waals surface area contributed by atoms with Gasteiger partial charge in [0.15, 0.2) is 17.4 Å². The van der Waals surface area contributed by atoms with Gasteiger partial charge in [-0.15, -0.1) is 34.2 Å². The van der Waals surface area contributed by atoms with Gasteiger partial charge < -0.3 is 11.1 Å². The van der Waals surface area contributed by atoms with Crippen LogP contribution in [0.5, 0.6) is 0 Å². The summed E-state index contributed by atoms with van der Waals surface area (Å²) in [7, 11) is 0. The molecule has 1 saturated carbocycles. The predicted octanol–water partition coefficient (Wildman–Crippen LogP) is 1.55. The van der Waals surface area contributed by atoms with Gasteiger partial charge in [-0.2, -0.15) is 0 Å². The lowest BCUT2D eigenvalue weighted by Crippen LogP contribution is -2.37. The largest absolute Gasteiger partial charge is 0.370 e. The average molecular weight is 386 g/mol. The minimum atomic E-state index is 0. The molecular weight excluding hydrogens is 367 g/mol. The van der Waals surface area contributed by atoms with Crippen LogP contribution < -0.4 is 11.1 Å². The zero-order chi connectivity index (χ0) is 13.1. The molecule has 3 N–H and O–H groups in total. The third-order valence-corrected chi connectivity index (χ3v) is 3.57. The first-order valence-corrected chi connectivity index (χ1v) is 6.65. The van der Waals surface area contributed by atoms with E-state index >= 15 is 0 Å². The van der Waals surface area contributed by atoms with E-state index in [-0.39, 0.29) is 24.0 Å². The highest BCUT2D eigenvalue weighted by Crippen LogP contribution is 2.24. The van der Waals surface area contributed by atoms with Crippen molar-refractivity contribution in [2.45, 2.75) is 25.8 Å². The van der Waals surface area contributed by atoms with Gasteiger partial charge in [-0.25, -0.2) is 4.99 Å². The Labute approximate surface area is 134 Å². The van der Waals surface area contributed by atoms with Crippen molar-refractivity contribution < 1.29 is 0 Å². The van der Waals surface area contributed by atoms with Crippen molar-refractivity contribution >= 4 is 35.6 Å². The Hall–Kier alpha value is -1.38. The first kappa shape index (κ1) is 15.0. The maximum absolute atomic E-state index is 5.84. The van der Waals surface area contributed by atoms with Crippen molar-refractivity contribution in [3.05, 3.63) is 30.2 Å². The van der Waals surface area contributed by atoms with Crippen LogP contribution in [0.25, 0.3) is 5.65 Å². The van der Waals surface area contributed by atoms with E-state index < -0.39 is 0 Å². The summed E-state index contributed by atoms with van der Waals surface area (Å²) in [5.41, 5.74) is 6.67. The fourth-order valence-corrected chi connectivity index (χ4v) is 2.16. The van der Waals surface area contributed by atoms with E-state index in [4.69, 9.17) is 5.73 Å². The minimum Gasteiger partial charge on any atom is -0.370 e. The summed E-state index contributed by atoms with van der Waals surface area (Å²) < 4.78 is 1.92. The Morgan fingerprint density at radius 2 is 2.25 bits per heavy atom. The minimum absolute atomic E-state index is 0. The second-order valence-corrected chi connectivity index (χ2v) is 4.92. The van der Waals surface area contributed by atoms with Crippen LogP contribution in [-0.4, -0.2) is 27.1 Å². The number of guanidine groups is 1. The van der Waals surface area contributed by atoms with E-state index in [2.05, 4.69) is 20.5 Å². The number of hydrogen-bond donors (Lipinski definition) is 2. The number of nitrogens with two attached hydrogens (primary N) is 1. The molecule has 1 aliphatic rings. The quantitative estimate of drug-likeness (QED) is 0.475. The second kappa shape index (κ2) is 6.87. The second-order valence-electron chi connectivity index (χ2n) is 4.92. The van der Waals surface area contributed by atoms with Crippen molar-refractivity contribution in [1.82, 2.24) is 19.9 Å². The van der Waals surface area contributed by atoms with Gasteiger partial charge in [0, 0.05) is 12.7 Å². The number of nitrogens with zero attached hydrogens (tertiary/aromatic N) is 4. The highest BCUT2D eigenvalue weighted by atomic mass is 127. The molecule has 0 aliphatic heterocycles. The van der Waals surface area contributed by atoms with Crippen LogP contribution in [0.15, 0.2) is 29.4 Å². The number of fused-ring (bicyclic) bond motifs is 1. The molecular formula is C13H19IN6. The number of nitrogens with one attached hydrogen (secondary N) is 1. The first-order chi connectivity index (χ1) is 9.33. The molecule has 20 heavy (non-hydrogen) atoms. The molecule has 0 radical (unpaired) electrons. The van der Waals surface area contributed by atoms with Crippen molar-refractivity contribution in [3.8, 4) is 0 Å². The van der Waals surface area contributed by atoms with Crippen LogP contribution in [-0.2, 0) is 6.54 Å². The molecule has 2 heterocycles. The van der Waals surface area contributed by atoms with Crippen molar-refractivity contribution in [2.75, 3.05) is 6.54 Å². The Balaban J connectivity index is 0.00000147. The van der Waals surface area contributed by atoms with Gasteiger partial charge in [-0.05, 0) is 30.9 Å². The van der Waals surface area contributed by atoms with Crippen LogP contribution in [0.4, 0.5) is 0 Å². The smallest absolute Gasteiger partial charge is 0.189 e. The van der Waals surface area contributed by atoms with Crippen molar-refractivity contribution in [2.24, 2.45) is 16.6 Å². The number of hydrogen-bond acceptors (Lipinski definition) is 3. The molecule has 108 valence electrons. The summed E-state index contributed by atoms with van der Waals surface area (Å²) in [5, 5.41) is 11.4.